The molecule has 2 rings (SSSR count). The summed E-state index contributed by atoms with van der Waals surface area (Å²) in [4.78, 5) is 14.0. The smallest absolute Gasteiger partial charge is 0.144 e. The Morgan fingerprint density at radius 2 is 2.10 bits per heavy atom. The molecule has 0 saturated carbocycles. The van der Waals surface area contributed by atoms with E-state index >= 15 is 0 Å². The monoisotopic (exact) mass is 291 g/mol. The van der Waals surface area contributed by atoms with Gasteiger partial charge in [-0.1, -0.05) is 13.8 Å². The summed E-state index contributed by atoms with van der Waals surface area (Å²) in [5.41, 5.74) is 1.07. The van der Waals surface area contributed by atoms with Crippen LogP contribution < -0.4 is 5.32 Å². The highest BCUT2D eigenvalue weighted by atomic mass is 15.2. The standard InChI is InChI=1S/C16H29N5/c1-4-7-17-16-11-18-14(10-19-16)12-21-9-6-8-20(3)13-15(21)5-2/h10-11,15H,4-9,12-13H2,1-3H3,(H,17,19). The Kier molecular flexibility index (Phi) is 6.39. The van der Waals surface area contributed by atoms with Gasteiger partial charge < -0.3 is 10.2 Å². The molecule has 1 aliphatic rings. The van der Waals surface area contributed by atoms with Crippen LogP contribution in [0.15, 0.2) is 12.4 Å². The van der Waals surface area contributed by atoms with Crippen LogP contribution in [0.2, 0.25) is 0 Å². The van der Waals surface area contributed by atoms with Gasteiger partial charge in [0.1, 0.15) is 5.82 Å². The second kappa shape index (κ2) is 8.29. The van der Waals surface area contributed by atoms with E-state index < -0.39 is 0 Å². The Morgan fingerprint density at radius 3 is 2.76 bits per heavy atom. The molecule has 21 heavy (non-hydrogen) atoms. The van der Waals surface area contributed by atoms with Crippen LogP contribution in [0.1, 0.15) is 38.8 Å². The first-order valence-corrected chi connectivity index (χ1v) is 8.20. The molecule has 1 aliphatic heterocycles. The molecule has 1 aromatic heterocycles. The van der Waals surface area contributed by atoms with Crippen molar-refractivity contribution in [2.24, 2.45) is 0 Å². The van der Waals surface area contributed by atoms with Gasteiger partial charge in [-0.15, -0.1) is 0 Å². The predicted molar refractivity (Wildman–Crippen MR) is 87.4 cm³/mol. The third-order valence-corrected chi connectivity index (χ3v) is 4.12. The normalized spacial score (nSPS) is 21.2. The van der Waals surface area contributed by atoms with Crippen LogP contribution in [0.5, 0.6) is 0 Å². The number of aromatic nitrogens is 2. The van der Waals surface area contributed by atoms with Gasteiger partial charge in [-0.05, 0) is 32.9 Å². The molecule has 0 spiro atoms. The van der Waals surface area contributed by atoms with E-state index in [1.54, 1.807) is 0 Å². The minimum Gasteiger partial charge on any atom is -0.369 e. The summed E-state index contributed by atoms with van der Waals surface area (Å²) in [5, 5.41) is 3.27. The lowest BCUT2D eigenvalue weighted by atomic mass is 10.2. The molecule has 0 radical (unpaired) electrons. The molecular formula is C16H29N5. The molecule has 1 saturated heterocycles. The van der Waals surface area contributed by atoms with Crippen LogP contribution in [0.4, 0.5) is 5.82 Å². The first-order valence-electron chi connectivity index (χ1n) is 8.20. The number of rotatable bonds is 6. The summed E-state index contributed by atoms with van der Waals surface area (Å²) in [6.45, 7) is 9.78. The quantitative estimate of drug-likeness (QED) is 0.870. The molecule has 1 unspecified atom stereocenters. The first-order chi connectivity index (χ1) is 10.2. The van der Waals surface area contributed by atoms with Crippen LogP contribution in [-0.4, -0.2) is 59.0 Å². The highest BCUT2D eigenvalue weighted by Gasteiger charge is 2.22. The zero-order valence-electron chi connectivity index (χ0n) is 13.7. The summed E-state index contributed by atoms with van der Waals surface area (Å²) >= 11 is 0. The minimum atomic E-state index is 0.622. The third-order valence-electron chi connectivity index (χ3n) is 4.12. The van der Waals surface area contributed by atoms with Crippen LogP contribution in [0, 0.1) is 0 Å². The minimum absolute atomic E-state index is 0.622. The van der Waals surface area contributed by atoms with Crippen molar-refractivity contribution in [3.63, 3.8) is 0 Å². The van der Waals surface area contributed by atoms with E-state index in [-0.39, 0.29) is 0 Å². The molecule has 1 fully saturated rings. The molecule has 1 N–H and O–H groups in total. The van der Waals surface area contributed by atoms with E-state index in [9.17, 15) is 0 Å². The van der Waals surface area contributed by atoms with E-state index in [4.69, 9.17) is 0 Å². The van der Waals surface area contributed by atoms with Gasteiger partial charge in [0.15, 0.2) is 0 Å². The van der Waals surface area contributed by atoms with Crippen molar-refractivity contribution in [2.45, 2.75) is 45.7 Å². The predicted octanol–water partition coefficient (Wildman–Crippen LogP) is 2.21. The molecule has 118 valence electrons. The fourth-order valence-electron chi connectivity index (χ4n) is 2.88. The second-order valence-electron chi connectivity index (χ2n) is 5.97. The maximum absolute atomic E-state index is 4.56. The van der Waals surface area contributed by atoms with Gasteiger partial charge in [0.2, 0.25) is 0 Å². The van der Waals surface area contributed by atoms with Gasteiger partial charge in [0.05, 0.1) is 18.1 Å². The molecule has 0 bridgehead atoms. The van der Waals surface area contributed by atoms with Gasteiger partial charge in [0.25, 0.3) is 0 Å². The Hall–Kier alpha value is -1.20. The van der Waals surface area contributed by atoms with Crippen molar-refractivity contribution in [1.29, 1.82) is 0 Å². The van der Waals surface area contributed by atoms with Crippen molar-refractivity contribution in [3.05, 3.63) is 18.1 Å². The molecule has 5 nitrogen and oxygen atoms in total. The van der Waals surface area contributed by atoms with Gasteiger partial charge in [-0.3, -0.25) is 9.88 Å². The Bertz CT molecular complexity index is 406. The van der Waals surface area contributed by atoms with Crippen molar-refractivity contribution in [3.8, 4) is 0 Å². The fourth-order valence-corrected chi connectivity index (χ4v) is 2.88. The molecule has 0 aromatic carbocycles. The van der Waals surface area contributed by atoms with Gasteiger partial charge in [-0.25, -0.2) is 4.98 Å². The maximum atomic E-state index is 4.56. The molecule has 1 atom stereocenters. The van der Waals surface area contributed by atoms with E-state index in [0.717, 1.165) is 44.1 Å². The lowest BCUT2D eigenvalue weighted by Gasteiger charge is -2.29. The van der Waals surface area contributed by atoms with Crippen molar-refractivity contribution >= 4 is 5.82 Å². The van der Waals surface area contributed by atoms with Crippen LogP contribution in [0.25, 0.3) is 0 Å². The summed E-state index contributed by atoms with van der Waals surface area (Å²) in [7, 11) is 2.22. The molecule has 1 aromatic rings. The Morgan fingerprint density at radius 1 is 1.24 bits per heavy atom. The SMILES string of the molecule is CCCNc1cnc(CN2CCCN(C)CC2CC)cn1. The number of anilines is 1. The number of hydrogen-bond donors (Lipinski definition) is 1. The zero-order chi connectivity index (χ0) is 15.1. The summed E-state index contributed by atoms with van der Waals surface area (Å²) < 4.78 is 0. The van der Waals surface area contributed by atoms with Gasteiger partial charge in [0, 0.05) is 32.2 Å². The largest absolute Gasteiger partial charge is 0.369 e. The van der Waals surface area contributed by atoms with Crippen LogP contribution in [-0.2, 0) is 6.54 Å². The first kappa shape index (κ1) is 16.2. The summed E-state index contributed by atoms with van der Waals surface area (Å²) in [6.07, 6.45) is 7.29. The fraction of sp³-hybridized carbons (Fsp3) is 0.750. The molecular weight excluding hydrogens is 262 g/mol. The average Bonchev–Trinajstić information content (AvgIpc) is 2.68. The molecule has 0 aliphatic carbocycles. The highest BCUT2D eigenvalue weighted by Crippen LogP contribution is 2.15. The van der Waals surface area contributed by atoms with Crippen molar-refractivity contribution in [1.82, 2.24) is 19.8 Å². The maximum Gasteiger partial charge on any atom is 0.144 e. The van der Waals surface area contributed by atoms with E-state index in [2.05, 4.69) is 46.0 Å². The topological polar surface area (TPSA) is 44.3 Å². The average molecular weight is 291 g/mol. The highest BCUT2D eigenvalue weighted by molar-refractivity contribution is 5.30. The van der Waals surface area contributed by atoms with E-state index in [0.29, 0.717) is 6.04 Å². The van der Waals surface area contributed by atoms with E-state index in [1.807, 2.05) is 12.4 Å². The van der Waals surface area contributed by atoms with Gasteiger partial charge in [-0.2, -0.15) is 0 Å². The number of nitrogens with one attached hydrogen (secondary N) is 1. The zero-order valence-corrected chi connectivity index (χ0v) is 13.7. The molecule has 5 heteroatoms. The summed E-state index contributed by atoms with van der Waals surface area (Å²) in [6, 6.07) is 0.622. The lowest BCUT2D eigenvalue weighted by molar-refractivity contribution is 0.174. The van der Waals surface area contributed by atoms with E-state index in [1.165, 1.54) is 19.4 Å². The number of likely N-dealkylation sites (N-methyl/N-ethyl adjacent to an activating group) is 1. The number of hydrogen-bond acceptors (Lipinski definition) is 5. The summed E-state index contributed by atoms with van der Waals surface area (Å²) in [5.74, 6) is 0.878. The lowest BCUT2D eigenvalue weighted by Crippen LogP contribution is -2.39. The van der Waals surface area contributed by atoms with Crippen molar-refractivity contribution in [2.75, 3.05) is 38.5 Å². The van der Waals surface area contributed by atoms with Crippen LogP contribution >= 0.6 is 0 Å². The second-order valence-corrected chi connectivity index (χ2v) is 5.97. The van der Waals surface area contributed by atoms with Crippen LogP contribution in [0.3, 0.4) is 0 Å². The molecule has 2 heterocycles. The number of nitrogens with zero attached hydrogens (tertiary/aromatic N) is 4. The van der Waals surface area contributed by atoms with Gasteiger partial charge >= 0.3 is 0 Å². The third kappa shape index (κ3) is 4.93. The Balaban J connectivity index is 1.95. The van der Waals surface area contributed by atoms with Crippen molar-refractivity contribution < 1.29 is 0 Å². The molecule has 0 amide bonds. The Labute approximate surface area is 128 Å².